The van der Waals surface area contributed by atoms with E-state index in [1.54, 1.807) is 0 Å². The lowest BCUT2D eigenvalue weighted by atomic mass is 9.94. The van der Waals surface area contributed by atoms with E-state index in [1.165, 1.54) is 0 Å². The third-order valence-electron chi connectivity index (χ3n) is 3.12. The van der Waals surface area contributed by atoms with Crippen molar-refractivity contribution in [3.63, 3.8) is 0 Å². The van der Waals surface area contributed by atoms with Crippen molar-refractivity contribution in [2.75, 3.05) is 0 Å². The zero-order valence-electron chi connectivity index (χ0n) is 10.2. The van der Waals surface area contributed by atoms with Crippen molar-refractivity contribution in [1.82, 2.24) is 0 Å². The summed E-state index contributed by atoms with van der Waals surface area (Å²) < 4.78 is 0. The van der Waals surface area contributed by atoms with Crippen LogP contribution < -0.4 is 0 Å². The van der Waals surface area contributed by atoms with Crippen LogP contribution in [-0.4, -0.2) is 16.3 Å². The SMILES string of the molecule is CC(C)C(O)C(O)c1ccc2ccccc2c1. The summed E-state index contributed by atoms with van der Waals surface area (Å²) in [6, 6.07) is 13.8. The summed E-state index contributed by atoms with van der Waals surface area (Å²) in [6.45, 7) is 3.80. The van der Waals surface area contributed by atoms with Crippen molar-refractivity contribution in [1.29, 1.82) is 0 Å². The summed E-state index contributed by atoms with van der Waals surface area (Å²) in [5.41, 5.74) is 0.768. The van der Waals surface area contributed by atoms with Gasteiger partial charge in [0.2, 0.25) is 0 Å². The summed E-state index contributed by atoms with van der Waals surface area (Å²) in [7, 11) is 0. The Kier molecular flexibility index (Phi) is 3.46. The Labute approximate surface area is 102 Å². The van der Waals surface area contributed by atoms with Gasteiger partial charge in [-0.3, -0.25) is 0 Å². The topological polar surface area (TPSA) is 40.5 Å². The molecule has 2 atom stereocenters. The van der Waals surface area contributed by atoms with Crippen LogP contribution in [0.25, 0.3) is 10.8 Å². The van der Waals surface area contributed by atoms with Gasteiger partial charge >= 0.3 is 0 Å². The molecule has 2 aromatic carbocycles. The largest absolute Gasteiger partial charge is 0.390 e. The molecule has 0 bridgehead atoms. The molecular formula is C15H18O2. The van der Waals surface area contributed by atoms with E-state index in [-0.39, 0.29) is 5.92 Å². The summed E-state index contributed by atoms with van der Waals surface area (Å²) >= 11 is 0. The molecule has 0 spiro atoms. The van der Waals surface area contributed by atoms with Gasteiger partial charge in [0.15, 0.2) is 0 Å². The van der Waals surface area contributed by atoms with E-state index in [4.69, 9.17) is 0 Å². The molecule has 0 heterocycles. The molecular weight excluding hydrogens is 212 g/mol. The van der Waals surface area contributed by atoms with E-state index in [0.717, 1.165) is 16.3 Å². The number of rotatable bonds is 3. The molecule has 0 aliphatic rings. The van der Waals surface area contributed by atoms with Crippen LogP contribution in [0.5, 0.6) is 0 Å². The maximum Gasteiger partial charge on any atom is 0.105 e. The Bertz CT molecular complexity index is 505. The Hall–Kier alpha value is -1.38. The van der Waals surface area contributed by atoms with Crippen LogP contribution in [-0.2, 0) is 0 Å². The summed E-state index contributed by atoms with van der Waals surface area (Å²) in [6.07, 6.45) is -1.55. The molecule has 0 radical (unpaired) electrons. The Morgan fingerprint density at radius 2 is 1.53 bits per heavy atom. The normalized spacial score (nSPS) is 15.1. The van der Waals surface area contributed by atoms with Gasteiger partial charge in [0, 0.05) is 0 Å². The fourth-order valence-corrected chi connectivity index (χ4v) is 1.95. The van der Waals surface area contributed by atoms with Crippen LogP contribution in [0.1, 0.15) is 25.5 Å². The fraction of sp³-hybridized carbons (Fsp3) is 0.333. The second kappa shape index (κ2) is 4.86. The predicted octanol–water partition coefficient (Wildman–Crippen LogP) is 2.89. The average molecular weight is 230 g/mol. The zero-order valence-corrected chi connectivity index (χ0v) is 10.2. The number of hydrogen-bond acceptors (Lipinski definition) is 2. The standard InChI is InChI=1S/C15H18O2/c1-10(2)14(16)15(17)13-8-7-11-5-3-4-6-12(11)9-13/h3-10,14-17H,1-2H3. The highest BCUT2D eigenvalue weighted by Crippen LogP contribution is 2.25. The van der Waals surface area contributed by atoms with Gasteiger partial charge in [0.05, 0.1) is 6.10 Å². The van der Waals surface area contributed by atoms with Crippen molar-refractivity contribution in [3.8, 4) is 0 Å². The third-order valence-corrected chi connectivity index (χ3v) is 3.12. The number of benzene rings is 2. The molecule has 17 heavy (non-hydrogen) atoms. The second-order valence-corrected chi connectivity index (χ2v) is 4.79. The lowest BCUT2D eigenvalue weighted by molar-refractivity contribution is -0.00932. The molecule has 2 nitrogen and oxygen atoms in total. The molecule has 0 saturated carbocycles. The van der Waals surface area contributed by atoms with Gasteiger partial charge in [-0.2, -0.15) is 0 Å². The van der Waals surface area contributed by atoms with Crippen LogP contribution in [0.2, 0.25) is 0 Å². The molecule has 2 N–H and O–H groups in total. The Morgan fingerprint density at radius 3 is 2.18 bits per heavy atom. The quantitative estimate of drug-likeness (QED) is 0.851. The number of hydrogen-bond donors (Lipinski definition) is 2. The highest BCUT2D eigenvalue weighted by atomic mass is 16.3. The van der Waals surface area contributed by atoms with Gasteiger partial charge in [-0.1, -0.05) is 50.2 Å². The van der Waals surface area contributed by atoms with E-state index in [1.807, 2.05) is 56.3 Å². The van der Waals surface area contributed by atoms with Crippen LogP contribution >= 0.6 is 0 Å². The molecule has 2 unspecified atom stereocenters. The lowest BCUT2D eigenvalue weighted by Gasteiger charge is -2.21. The van der Waals surface area contributed by atoms with E-state index in [0.29, 0.717) is 0 Å². The third kappa shape index (κ3) is 2.48. The lowest BCUT2D eigenvalue weighted by Crippen LogP contribution is -2.23. The van der Waals surface area contributed by atoms with Gasteiger partial charge in [0.1, 0.15) is 6.10 Å². The maximum atomic E-state index is 10.1. The molecule has 0 saturated heterocycles. The predicted molar refractivity (Wildman–Crippen MR) is 69.8 cm³/mol. The first-order valence-electron chi connectivity index (χ1n) is 5.94. The first-order valence-corrected chi connectivity index (χ1v) is 5.94. The van der Waals surface area contributed by atoms with Crippen molar-refractivity contribution in [3.05, 3.63) is 48.0 Å². The minimum absolute atomic E-state index is 0.0384. The average Bonchev–Trinajstić information content (AvgIpc) is 2.36. The molecule has 2 aromatic rings. The molecule has 0 aliphatic heterocycles. The summed E-state index contributed by atoms with van der Waals surface area (Å²) in [4.78, 5) is 0. The maximum absolute atomic E-state index is 10.1. The van der Waals surface area contributed by atoms with Crippen molar-refractivity contribution >= 4 is 10.8 Å². The van der Waals surface area contributed by atoms with Crippen molar-refractivity contribution in [2.24, 2.45) is 5.92 Å². The van der Waals surface area contributed by atoms with Crippen molar-refractivity contribution < 1.29 is 10.2 Å². The number of fused-ring (bicyclic) bond motifs is 1. The highest BCUT2D eigenvalue weighted by Gasteiger charge is 2.21. The van der Waals surface area contributed by atoms with Crippen LogP contribution in [0.15, 0.2) is 42.5 Å². The molecule has 0 aliphatic carbocycles. The molecule has 2 heteroatoms. The second-order valence-electron chi connectivity index (χ2n) is 4.79. The van der Waals surface area contributed by atoms with Gasteiger partial charge < -0.3 is 10.2 Å². The van der Waals surface area contributed by atoms with Gasteiger partial charge in [-0.25, -0.2) is 0 Å². The first kappa shape index (κ1) is 12.1. The monoisotopic (exact) mass is 230 g/mol. The number of aliphatic hydroxyl groups excluding tert-OH is 2. The molecule has 2 rings (SSSR count). The molecule has 0 aromatic heterocycles. The van der Waals surface area contributed by atoms with Crippen molar-refractivity contribution in [2.45, 2.75) is 26.1 Å². The molecule has 90 valence electrons. The molecule has 0 amide bonds. The number of aliphatic hydroxyl groups is 2. The van der Waals surface area contributed by atoms with Gasteiger partial charge in [0.25, 0.3) is 0 Å². The zero-order chi connectivity index (χ0) is 12.4. The minimum atomic E-state index is -0.820. The van der Waals surface area contributed by atoms with Crippen LogP contribution in [0.4, 0.5) is 0 Å². The summed E-state index contributed by atoms with van der Waals surface area (Å²) in [5, 5.41) is 22.2. The van der Waals surface area contributed by atoms with Gasteiger partial charge in [-0.05, 0) is 28.3 Å². The van der Waals surface area contributed by atoms with Gasteiger partial charge in [-0.15, -0.1) is 0 Å². The fourth-order valence-electron chi connectivity index (χ4n) is 1.95. The smallest absolute Gasteiger partial charge is 0.105 e. The van der Waals surface area contributed by atoms with E-state index in [2.05, 4.69) is 0 Å². The van der Waals surface area contributed by atoms with E-state index < -0.39 is 12.2 Å². The molecule has 0 fully saturated rings. The minimum Gasteiger partial charge on any atom is -0.390 e. The highest BCUT2D eigenvalue weighted by molar-refractivity contribution is 5.83. The summed E-state index contributed by atoms with van der Waals surface area (Å²) in [5.74, 6) is 0.0384. The Morgan fingerprint density at radius 1 is 0.882 bits per heavy atom. The van der Waals surface area contributed by atoms with Crippen LogP contribution in [0.3, 0.4) is 0 Å². The first-order chi connectivity index (χ1) is 8.09. The van der Waals surface area contributed by atoms with E-state index >= 15 is 0 Å². The van der Waals surface area contributed by atoms with Crippen LogP contribution in [0, 0.1) is 5.92 Å². The Balaban J connectivity index is 2.36. The van der Waals surface area contributed by atoms with E-state index in [9.17, 15) is 10.2 Å².